The fourth-order valence-corrected chi connectivity index (χ4v) is 10.9. The van der Waals surface area contributed by atoms with Gasteiger partial charge < -0.3 is 9.13 Å². The van der Waals surface area contributed by atoms with Gasteiger partial charge in [-0.15, -0.1) is 0 Å². The highest BCUT2D eigenvalue weighted by Crippen LogP contribution is 2.56. The molecule has 3 nitrogen and oxygen atoms in total. The number of rotatable bonds is 9. The van der Waals surface area contributed by atoms with Crippen LogP contribution in [0.1, 0.15) is 47.4 Å². The van der Waals surface area contributed by atoms with Gasteiger partial charge in [-0.2, -0.15) is 0 Å². The smallest absolute Gasteiger partial charge is 0.0713 e. The summed E-state index contributed by atoms with van der Waals surface area (Å²) in [5.74, 6) is 0.588. The fourth-order valence-electron chi connectivity index (χ4n) is 10.9. The minimum absolute atomic E-state index is 0.501. The minimum Gasteiger partial charge on any atom is -0.310 e. The van der Waals surface area contributed by atoms with E-state index in [9.17, 15) is 0 Å². The number of aromatic nitrogens is 3. The second kappa shape index (κ2) is 15.4. The van der Waals surface area contributed by atoms with E-state index in [2.05, 4.69) is 230 Å². The summed E-state index contributed by atoms with van der Waals surface area (Å²) in [5, 5.41) is 3.63. The molecule has 8 aromatic carbocycles. The Morgan fingerprint density at radius 3 is 1.74 bits per heavy atom. The van der Waals surface area contributed by atoms with Gasteiger partial charge in [0.25, 0.3) is 0 Å². The number of benzene rings is 8. The second-order valence-corrected chi connectivity index (χ2v) is 18.0. The van der Waals surface area contributed by atoms with Crippen LogP contribution >= 0.6 is 0 Å². The highest BCUT2D eigenvalue weighted by molar-refractivity contribution is 6.09. The monoisotopic (exact) mass is 833 g/mol. The van der Waals surface area contributed by atoms with Crippen LogP contribution in [-0.2, 0) is 11.8 Å². The summed E-state index contributed by atoms with van der Waals surface area (Å²) in [7, 11) is 0. The van der Waals surface area contributed by atoms with Gasteiger partial charge in [-0.1, -0.05) is 166 Å². The van der Waals surface area contributed by atoms with Crippen molar-refractivity contribution in [1.29, 1.82) is 0 Å². The van der Waals surface area contributed by atoms with Crippen LogP contribution in [0.15, 0.2) is 219 Å². The van der Waals surface area contributed by atoms with Gasteiger partial charge in [-0.3, -0.25) is 4.98 Å². The lowest BCUT2D eigenvalue weighted by atomic mass is 9.67. The highest BCUT2D eigenvalue weighted by Gasteiger charge is 2.46. The first-order chi connectivity index (χ1) is 32.0. The summed E-state index contributed by atoms with van der Waals surface area (Å²) >= 11 is 0. The Balaban J connectivity index is 1.05. The number of nitrogens with zero attached hydrogens (tertiary/aromatic N) is 3. The van der Waals surface area contributed by atoms with Crippen LogP contribution in [0.5, 0.6) is 0 Å². The van der Waals surface area contributed by atoms with Gasteiger partial charge >= 0.3 is 0 Å². The molecule has 0 atom stereocenters. The normalized spacial score (nSPS) is 12.8. The van der Waals surface area contributed by atoms with Crippen molar-refractivity contribution in [2.24, 2.45) is 5.92 Å². The molecule has 0 N–H and O–H groups in total. The third kappa shape index (κ3) is 6.14. The van der Waals surface area contributed by atoms with Gasteiger partial charge in [0.15, 0.2) is 0 Å². The van der Waals surface area contributed by atoms with E-state index in [1.54, 1.807) is 0 Å². The lowest BCUT2D eigenvalue weighted by molar-refractivity contribution is 0.646. The molecule has 12 rings (SSSR count). The van der Waals surface area contributed by atoms with E-state index in [0.717, 1.165) is 51.3 Å². The molecule has 11 aromatic rings. The molecule has 65 heavy (non-hydrogen) atoms. The zero-order valence-electron chi connectivity index (χ0n) is 36.6. The molecule has 0 amide bonds. The predicted octanol–water partition coefficient (Wildman–Crippen LogP) is 15.7. The Hall–Kier alpha value is -8.01. The van der Waals surface area contributed by atoms with Crippen molar-refractivity contribution in [3.05, 3.63) is 253 Å². The molecule has 0 saturated heterocycles. The molecule has 3 aromatic heterocycles. The van der Waals surface area contributed by atoms with Crippen molar-refractivity contribution in [3.8, 4) is 44.8 Å². The summed E-state index contributed by atoms with van der Waals surface area (Å²) in [6, 6.07) is 74.1. The molecule has 310 valence electrons. The van der Waals surface area contributed by atoms with Crippen LogP contribution in [0.4, 0.5) is 0 Å². The second-order valence-electron chi connectivity index (χ2n) is 18.0. The Kier molecular flexibility index (Phi) is 9.13. The molecule has 0 fully saturated rings. The molecule has 0 spiro atoms. The molecular weight excluding hydrogens is 787 g/mol. The molecule has 1 aliphatic carbocycles. The van der Waals surface area contributed by atoms with Crippen LogP contribution in [0.2, 0.25) is 0 Å². The van der Waals surface area contributed by atoms with E-state index in [0.29, 0.717) is 5.92 Å². The number of para-hydroxylation sites is 3. The quantitative estimate of drug-likeness (QED) is 0.142. The van der Waals surface area contributed by atoms with Crippen LogP contribution in [0, 0.1) is 5.92 Å². The first-order valence-electron chi connectivity index (χ1n) is 22.7. The number of pyridine rings is 1. The molecule has 0 saturated carbocycles. The molecule has 0 aliphatic heterocycles. The van der Waals surface area contributed by atoms with E-state index in [4.69, 9.17) is 4.98 Å². The molecule has 0 unspecified atom stereocenters. The zero-order valence-corrected chi connectivity index (χ0v) is 36.6. The van der Waals surface area contributed by atoms with Crippen molar-refractivity contribution in [2.45, 2.75) is 25.7 Å². The first-order valence-corrected chi connectivity index (χ1v) is 22.7. The van der Waals surface area contributed by atoms with Crippen molar-refractivity contribution in [1.82, 2.24) is 14.1 Å². The van der Waals surface area contributed by atoms with Gasteiger partial charge in [-0.25, -0.2) is 0 Å². The standard InChI is InChI=1S/C62H47N3/c1-4-50-35-44-16-5-12-25-59(44)64(50)51-36-45(37-52(38-51)65-60-26-13-8-21-55(60)56-22-9-14-27-61(56)65)47-33-46(39-63-40-47)43-17-15-18-49(34-43)62(48-30-28-42(29-31-48)32-41(2)3)57-23-10-6-19-53(57)54-20-7-11-24-58(54)62/h4-31,33-41H,1,32H2,2-3H3. The van der Waals surface area contributed by atoms with Gasteiger partial charge in [-0.05, 0) is 123 Å². The van der Waals surface area contributed by atoms with Crippen molar-refractivity contribution in [2.75, 3.05) is 0 Å². The minimum atomic E-state index is -0.501. The zero-order chi connectivity index (χ0) is 43.6. The predicted molar refractivity (Wildman–Crippen MR) is 272 cm³/mol. The summed E-state index contributed by atoms with van der Waals surface area (Å²) in [6.45, 7) is 8.83. The molecule has 0 radical (unpaired) electrons. The van der Waals surface area contributed by atoms with Crippen LogP contribution in [0.25, 0.3) is 83.5 Å². The van der Waals surface area contributed by atoms with E-state index < -0.39 is 5.41 Å². The van der Waals surface area contributed by atoms with Crippen LogP contribution in [-0.4, -0.2) is 14.1 Å². The van der Waals surface area contributed by atoms with E-state index in [-0.39, 0.29) is 0 Å². The number of hydrogen-bond donors (Lipinski definition) is 0. The van der Waals surface area contributed by atoms with E-state index in [1.807, 2.05) is 18.5 Å². The molecule has 0 bridgehead atoms. The third-order valence-electron chi connectivity index (χ3n) is 13.6. The van der Waals surface area contributed by atoms with Gasteiger partial charge in [0.1, 0.15) is 0 Å². The molecule has 3 heterocycles. The Bertz CT molecular complexity index is 3540. The maximum atomic E-state index is 4.98. The van der Waals surface area contributed by atoms with Gasteiger partial charge in [0.2, 0.25) is 0 Å². The maximum Gasteiger partial charge on any atom is 0.0713 e. The largest absolute Gasteiger partial charge is 0.310 e. The van der Waals surface area contributed by atoms with Gasteiger partial charge in [0, 0.05) is 56.7 Å². The topological polar surface area (TPSA) is 22.8 Å². The Morgan fingerprint density at radius 1 is 0.492 bits per heavy atom. The average molecular weight is 834 g/mol. The number of fused-ring (bicyclic) bond motifs is 7. The maximum absolute atomic E-state index is 4.98. The SMILES string of the molecule is C=Cc1cc2ccccc2n1-c1cc(-c2cncc(-c3cccc(C4(c5ccc(CC(C)C)cc5)c5ccccc5-c5ccccc54)c3)c2)cc(-n2c3ccccc3c3ccccc32)c1. The lowest BCUT2D eigenvalue weighted by Crippen LogP contribution is -2.28. The molecule has 1 aliphatic rings. The van der Waals surface area contributed by atoms with Crippen molar-refractivity contribution >= 4 is 38.8 Å². The number of hydrogen-bond acceptors (Lipinski definition) is 1. The molecule has 3 heteroatoms. The van der Waals surface area contributed by atoms with Crippen molar-refractivity contribution in [3.63, 3.8) is 0 Å². The third-order valence-corrected chi connectivity index (χ3v) is 13.6. The van der Waals surface area contributed by atoms with Crippen molar-refractivity contribution < 1.29 is 0 Å². The van der Waals surface area contributed by atoms with Gasteiger partial charge in [0.05, 0.1) is 22.0 Å². The Labute approximate surface area is 380 Å². The molecular formula is C62H47N3. The average Bonchev–Trinajstić information content (AvgIpc) is 4.01. The summed E-state index contributed by atoms with van der Waals surface area (Å²) in [4.78, 5) is 4.98. The summed E-state index contributed by atoms with van der Waals surface area (Å²) in [5.41, 5.74) is 19.5. The lowest BCUT2D eigenvalue weighted by Gasteiger charge is -2.34. The summed E-state index contributed by atoms with van der Waals surface area (Å²) < 4.78 is 4.74. The summed E-state index contributed by atoms with van der Waals surface area (Å²) in [6.07, 6.45) is 7.03. The fraction of sp³-hybridized carbons (Fsp3) is 0.0806. The van der Waals surface area contributed by atoms with Crippen LogP contribution in [0.3, 0.4) is 0 Å². The first kappa shape index (κ1) is 38.6. The van der Waals surface area contributed by atoms with E-state index in [1.165, 1.54) is 66.1 Å². The van der Waals surface area contributed by atoms with Crippen LogP contribution < -0.4 is 0 Å². The highest BCUT2D eigenvalue weighted by atomic mass is 15.0. The Morgan fingerprint density at radius 2 is 1.08 bits per heavy atom. The van der Waals surface area contributed by atoms with E-state index >= 15 is 0 Å².